The van der Waals surface area contributed by atoms with E-state index in [1.165, 1.54) is 0 Å². The summed E-state index contributed by atoms with van der Waals surface area (Å²) in [6.45, 7) is 4.04. The maximum atomic E-state index is 11.8. The number of hydrogen-bond acceptors (Lipinski definition) is 3. The van der Waals surface area contributed by atoms with Crippen molar-refractivity contribution in [3.63, 3.8) is 0 Å². The van der Waals surface area contributed by atoms with Crippen LogP contribution in [0.2, 0.25) is 0 Å². The third-order valence-electron chi connectivity index (χ3n) is 2.26. The topological polar surface area (TPSA) is 62.2 Å². The second kappa shape index (κ2) is 6.71. The van der Waals surface area contributed by atoms with E-state index in [1.54, 1.807) is 18.2 Å². The Bertz CT molecular complexity index is 383. The van der Waals surface area contributed by atoms with Crippen molar-refractivity contribution in [3.8, 4) is 0 Å². The van der Waals surface area contributed by atoms with Crippen LogP contribution < -0.4 is 5.32 Å². The number of halogens is 1. The molecule has 1 amide bonds. The van der Waals surface area contributed by atoms with Crippen LogP contribution in [0.25, 0.3) is 0 Å². The van der Waals surface area contributed by atoms with Crippen molar-refractivity contribution in [2.24, 2.45) is 5.92 Å². The van der Waals surface area contributed by atoms with Gasteiger partial charge in [0.2, 0.25) is 0 Å². The first-order chi connectivity index (χ1) is 8.02. The molecule has 1 aromatic rings. The standard InChI is InChI=1S/C12H17BrN2O2/c1-8(2)6-9(7-16)14-12(17)10-4-3-5-11(13)15-10/h3-5,8-9,16H,6-7H2,1-2H3,(H,14,17). The highest BCUT2D eigenvalue weighted by molar-refractivity contribution is 9.10. The van der Waals surface area contributed by atoms with Gasteiger partial charge in [0, 0.05) is 0 Å². The molecule has 0 aromatic carbocycles. The Labute approximate surface area is 110 Å². The van der Waals surface area contributed by atoms with Gasteiger partial charge in [-0.2, -0.15) is 0 Å². The van der Waals surface area contributed by atoms with E-state index in [4.69, 9.17) is 0 Å². The second-order valence-electron chi connectivity index (χ2n) is 4.33. The number of aliphatic hydroxyl groups is 1. The lowest BCUT2D eigenvalue weighted by Crippen LogP contribution is -2.38. The number of nitrogens with one attached hydrogen (secondary N) is 1. The molecule has 0 saturated heterocycles. The molecule has 0 aliphatic heterocycles. The van der Waals surface area contributed by atoms with E-state index in [1.807, 2.05) is 13.8 Å². The van der Waals surface area contributed by atoms with Gasteiger partial charge in [-0.15, -0.1) is 0 Å². The average Bonchev–Trinajstić information content (AvgIpc) is 2.27. The molecule has 1 unspecified atom stereocenters. The molecule has 1 heterocycles. The largest absolute Gasteiger partial charge is 0.394 e. The van der Waals surface area contributed by atoms with Crippen molar-refractivity contribution in [2.45, 2.75) is 26.3 Å². The molecule has 2 N–H and O–H groups in total. The highest BCUT2D eigenvalue weighted by Gasteiger charge is 2.15. The van der Waals surface area contributed by atoms with Crippen molar-refractivity contribution in [3.05, 3.63) is 28.5 Å². The zero-order chi connectivity index (χ0) is 12.8. The first-order valence-corrected chi connectivity index (χ1v) is 6.36. The molecule has 0 aliphatic rings. The lowest BCUT2D eigenvalue weighted by molar-refractivity contribution is 0.0903. The maximum absolute atomic E-state index is 11.8. The van der Waals surface area contributed by atoms with E-state index in [2.05, 4.69) is 26.2 Å². The third-order valence-corrected chi connectivity index (χ3v) is 2.70. The minimum absolute atomic E-state index is 0.0576. The highest BCUT2D eigenvalue weighted by Crippen LogP contribution is 2.08. The Kier molecular flexibility index (Phi) is 5.58. The zero-order valence-corrected chi connectivity index (χ0v) is 11.6. The molecule has 17 heavy (non-hydrogen) atoms. The smallest absolute Gasteiger partial charge is 0.270 e. The van der Waals surface area contributed by atoms with E-state index in [-0.39, 0.29) is 18.6 Å². The van der Waals surface area contributed by atoms with Crippen LogP contribution in [0.1, 0.15) is 30.8 Å². The Morgan fingerprint density at radius 2 is 2.24 bits per heavy atom. The number of rotatable bonds is 5. The first kappa shape index (κ1) is 14.1. The van der Waals surface area contributed by atoms with Crippen LogP contribution in [0.3, 0.4) is 0 Å². The quantitative estimate of drug-likeness (QED) is 0.818. The molecule has 0 radical (unpaired) electrons. The van der Waals surface area contributed by atoms with Crippen LogP contribution in [0, 0.1) is 5.92 Å². The predicted octanol–water partition coefficient (Wildman–Crippen LogP) is 1.98. The van der Waals surface area contributed by atoms with E-state index >= 15 is 0 Å². The van der Waals surface area contributed by atoms with E-state index in [0.717, 1.165) is 6.42 Å². The van der Waals surface area contributed by atoms with E-state index in [0.29, 0.717) is 16.2 Å². The van der Waals surface area contributed by atoms with Crippen molar-refractivity contribution in [1.29, 1.82) is 0 Å². The van der Waals surface area contributed by atoms with Gasteiger partial charge >= 0.3 is 0 Å². The molecular formula is C12H17BrN2O2. The fourth-order valence-electron chi connectivity index (χ4n) is 1.54. The predicted molar refractivity (Wildman–Crippen MR) is 69.7 cm³/mol. The minimum atomic E-state index is -0.258. The van der Waals surface area contributed by atoms with Gasteiger partial charge in [-0.3, -0.25) is 4.79 Å². The van der Waals surface area contributed by atoms with Crippen LogP contribution >= 0.6 is 15.9 Å². The summed E-state index contributed by atoms with van der Waals surface area (Å²) in [6, 6.07) is 4.93. The number of nitrogens with zero attached hydrogens (tertiary/aromatic N) is 1. The van der Waals surface area contributed by atoms with Gasteiger partial charge in [-0.1, -0.05) is 19.9 Å². The summed E-state index contributed by atoms with van der Waals surface area (Å²) in [7, 11) is 0. The Morgan fingerprint density at radius 1 is 1.53 bits per heavy atom. The van der Waals surface area contributed by atoms with E-state index in [9.17, 15) is 9.90 Å². The Morgan fingerprint density at radius 3 is 2.76 bits per heavy atom. The zero-order valence-electron chi connectivity index (χ0n) is 9.98. The summed E-state index contributed by atoms with van der Waals surface area (Å²) in [6.07, 6.45) is 0.746. The summed E-state index contributed by atoms with van der Waals surface area (Å²) in [4.78, 5) is 15.9. The van der Waals surface area contributed by atoms with Crippen molar-refractivity contribution in [1.82, 2.24) is 10.3 Å². The maximum Gasteiger partial charge on any atom is 0.270 e. The van der Waals surface area contributed by atoms with Gasteiger partial charge in [0.15, 0.2) is 0 Å². The summed E-state index contributed by atoms with van der Waals surface area (Å²) in [5, 5.41) is 12.0. The van der Waals surface area contributed by atoms with E-state index < -0.39 is 0 Å². The minimum Gasteiger partial charge on any atom is -0.394 e. The molecule has 1 aromatic heterocycles. The highest BCUT2D eigenvalue weighted by atomic mass is 79.9. The summed E-state index contributed by atoms with van der Waals surface area (Å²) < 4.78 is 0.620. The SMILES string of the molecule is CC(C)CC(CO)NC(=O)c1cccc(Br)n1. The molecule has 94 valence electrons. The van der Waals surface area contributed by atoms with Gasteiger partial charge < -0.3 is 10.4 Å². The molecular weight excluding hydrogens is 284 g/mol. The Balaban J connectivity index is 2.64. The third kappa shape index (κ3) is 4.83. The second-order valence-corrected chi connectivity index (χ2v) is 5.14. The van der Waals surface area contributed by atoms with Crippen LogP contribution in [0.4, 0.5) is 0 Å². The average molecular weight is 301 g/mol. The molecule has 1 rings (SSSR count). The van der Waals surface area contributed by atoms with Crippen molar-refractivity contribution >= 4 is 21.8 Å². The lowest BCUT2D eigenvalue weighted by Gasteiger charge is -2.17. The van der Waals surface area contributed by atoms with Crippen LogP contribution in [-0.4, -0.2) is 28.6 Å². The molecule has 1 atom stereocenters. The monoisotopic (exact) mass is 300 g/mol. The number of amides is 1. The lowest BCUT2D eigenvalue weighted by atomic mass is 10.0. The fraction of sp³-hybridized carbons (Fsp3) is 0.500. The van der Waals surface area contributed by atoms with Gasteiger partial charge in [-0.25, -0.2) is 4.98 Å². The molecule has 0 spiro atoms. The molecule has 4 nitrogen and oxygen atoms in total. The van der Waals surface area contributed by atoms with Gasteiger partial charge in [0.1, 0.15) is 10.3 Å². The van der Waals surface area contributed by atoms with Crippen LogP contribution in [-0.2, 0) is 0 Å². The first-order valence-electron chi connectivity index (χ1n) is 5.57. The van der Waals surface area contributed by atoms with Crippen LogP contribution in [0.5, 0.6) is 0 Å². The molecule has 5 heteroatoms. The number of carbonyl (C=O) groups excluding carboxylic acids is 1. The number of pyridine rings is 1. The Hall–Kier alpha value is -0.940. The molecule has 0 bridgehead atoms. The summed E-state index contributed by atoms with van der Waals surface area (Å²) >= 11 is 3.21. The summed E-state index contributed by atoms with van der Waals surface area (Å²) in [5.74, 6) is 0.161. The number of hydrogen-bond donors (Lipinski definition) is 2. The summed E-state index contributed by atoms with van der Waals surface area (Å²) in [5.41, 5.74) is 0.349. The molecule has 0 saturated carbocycles. The van der Waals surface area contributed by atoms with Gasteiger partial charge in [0.05, 0.1) is 12.6 Å². The fourth-order valence-corrected chi connectivity index (χ4v) is 1.89. The van der Waals surface area contributed by atoms with Crippen molar-refractivity contribution in [2.75, 3.05) is 6.61 Å². The van der Waals surface area contributed by atoms with Gasteiger partial charge in [-0.05, 0) is 40.4 Å². The number of aliphatic hydroxyl groups excluding tert-OH is 1. The number of carbonyl (C=O) groups is 1. The van der Waals surface area contributed by atoms with Crippen molar-refractivity contribution < 1.29 is 9.90 Å². The molecule has 0 aliphatic carbocycles. The van der Waals surface area contributed by atoms with Gasteiger partial charge in [0.25, 0.3) is 5.91 Å². The van der Waals surface area contributed by atoms with Crippen LogP contribution in [0.15, 0.2) is 22.8 Å². The molecule has 0 fully saturated rings. The normalized spacial score (nSPS) is 12.5. The number of aromatic nitrogens is 1.